The summed E-state index contributed by atoms with van der Waals surface area (Å²) < 4.78 is 7.52. The maximum absolute atomic E-state index is 7.52. The zero-order valence-corrected chi connectivity index (χ0v) is 56.1. The summed E-state index contributed by atoms with van der Waals surface area (Å²) in [5, 5.41) is 0. The van der Waals surface area contributed by atoms with Crippen LogP contribution in [0, 0.1) is 0 Å². The second kappa shape index (κ2) is 23.1. The van der Waals surface area contributed by atoms with Gasteiger partial charge in [-0.15, -0.1) is 11.8 Å². The van der Waals surface area contributed by atoms with Crippen LogP contribution in [0.3, 0.4) is 0 Å². The van der Waals surface area contributed by atoms with E-state index in [1.807, 2.05) is 11.8 Å². The first-order valence-corrected chi connectivity index (χ1v) is 35.6. The Morgan fingerprint density at radius 2 is 0.688 bits per heavy atom. The minimum absolute atomic E-state index is 0.0996. The lowest BCUT2D eigenvalue weighted by Crippen LogP contribution is -2.72. The standard InChI is InChI=1S/C88H70B4N2OS/c1-54(2)61-48-67(55(3)4)85(68(49-61)56(5)6)92-72-42-22-25-45-81(72)95-82-53-80-73(51-74(82)92)89-71-47-46-62(96-7)50-79(71)93-77-43-23-20-40-69(77)90(83-63(57-28-12-8-13-29-57)36-26-37-64(83)58-30-14-9-15-31-58)75-52-76-88(86(89)87(75)93)94(80)78-44-24-21-41-70(78)91(76)84-65(59-32-16-10-17-33-59)38-27-39-66(84)60-34-18-11-19-35-60/h8-56H,1-7H3. The predicted molar refractivity (Wildman–Crippen MR) is 416 cm³/mol. The summed E-state index contributed by atoms with van der Waals surface area (Å²) in [6.07, 6.45) is 2.23. The molecule has 0 saturated carbocycles. The summed E-state index contributed by atoms with van der Waals surface area (Å²) in [5.74, 6) is 2.78. The fraction of sp³-hybridized carbons (Fsp3) is 0.114. The molecule has 96 heavy (non-hydrogen) atoms. The molecule has 0 aromatic heterocycles. The van der Waals surface area contributed by atoms with Gasteiger partial charge < -0.3 is 14.5 Å². The van der Waals surface area contributed by atoms with Gasteiger partial charge in [-0.2, -0.15) is 0 Å². The van der Waals surface area contributed by atoms with Crippen molar-refractivity contribution in [3.8, 4) is 56.0 Å². The van der Waals surface area contributed by atoms with Gasteiger partial charge in [0.1, 0.15) is 11.5 Å². The summed E-state index contributed by atoms with van der Waals surface area (Å²) in [5.41, 5.74) is 36.7. The number of ether oxygens (including phenoxy) is 1. The highest BCUT2D eigenvalue weighted by atomic mass is 32.2. The van der Waals surface area contributed by atoms with E-state index >= 15 is 0 Å². The predicted octanol–water partition coefficient (Wildman–Crippen LogP) is 14.8. The molecule has 0 aliphatic carbocycles. The summed E-state index contributed by atoms with van der Waals surface area (Å²) in [4.78, 5) is 6.65. The summed E-state index contributed by atoms with van der Waals surface area (Å²) in [7, 11) is 0. The molecule has 0 radical (unpaired) electrons. The topological polar surface area (TPSA) is 15.7 Å². The Morgan fingerprint density at radius 1 is 0.292 bits per heavy atom. The Kier molecular flexibility index (Phi) is 14.0. The normalized spacial score (nSPS) is 13.4. The lowest BCUT2D eigenvalue weighted by molar-refractivity contribution is 0.487. The van der Waals surface area contributed by atoms with Crippen molar-refractivity contribution in [2.24, 2.45) is 0 Å². The first kappa shape index (κ1) is 58.4. The van der Waals surface area contributed by atoms with Gasteiger partial charge in [0.25, 0.3) is 13.4 Å². The highest BCUT2D eigenvalue weighted by molar-refractivity contribution is 7.98. The van der Waals surface area contributed by atoms with Crippen molar-refractivity contribution in [3.05, 3.63) is 296 Å². The number of benzene rings is 13. The third kappa shape index (κ3) is 8.94. The monoisotopic (exact) mass is 1250 g/mol. The van der Waals surface area contributed by atoms with Crippen LogP contribution in [-0.2, 0) is 0 Å². The molecule has 0 unspecified atom stereocenters. The maximum atomic E-state index is 7.52. The molecule has 0 spiro atoms. The minimum atomic E-state index is -0.227. The Morgan fingerprint density at radius 3 is 1.15 bits per heavy atom. The average molecular weight is 1250 g/mol. The zero-order chi connectivity index (χ0) is 64.6. The smallest absolute Gasteiger partial charge is 0.252 e. The van der Waals surface area contributed by atoms with Gasteiger partial charge in [-0.25, -0.2) is 0 Å². The maximum Gasteiger partial charge on any atom is 0.252 e. The van der Waals surface area contributed by atoms with Gasteiger partial charge in [0.2, 0.25) is 13.4 Å². The van der Waals surface area contributed by atoms with Crippen LogP contribution in [0.1, 0.15) is 76.0 Å². The van der Waals surface area contributed by atoms with Gasteiger partial charge in [0, 0.05) is 45.1 Å². The Balaban J connectivity index is 1.02. The quantitative estimate of drug-likeness (QED) is 0.0947. The van der Waals surface area contributed by atoms with Gasteiger partial charge >= 0.3 is 0 Å². The number of rotatable bonds is 11. The number of anilines is 6. The Bertz CT molecular complexity index is 5140. The first-order chi connectivity index (χ1) is 47.1. The first-order valence-electron chi connectivity index (χ1n) is 34.4. The Hall–Kier alpha value is -10.1. The molecule has 0 N–H and O–H groups in total. The SMILES string of the molecule is CSc1ccc2c(c1)N1c3ccccc3B(c3c(-c4ccccc4)cccc3-c3ccccc3)c3cc4c5c(c31)B2c1cc2c(cc1N5c1ccccc1B4c1c(-c3ccccc3)cccc1-c1ccccc1)Oc1ccccc1B2c1c(C(C)C)cc(C(C)C)cc1C(C)C. The van der Waals surface area contributed by atoms with Crippen molar-refractivity contribution in [3.63, 3.8) is 0 Å². The molecule has 5 aliphatic heterocycles. The number of nitrogens with zero attached hydrogens (tertiary/aromatic N) is 2. The van der Waals surface area contributed by atoms with Crippen LogP contribution >= 0.6 is 11.8 Å². The molecule has 5 aliphatic rings. The van der Waals surface area contributed by atoms with Crippen LogP contribution in [0.15, 0.2) is 284 Å². The molecule has 5 heterocycles. The number of fused-ring (bicyclic) bond motifs is 12. The van der Waals surface area contributed by atoms with Gasteiger partial charge in [0.05, 0.1) is 0 Å². The van der Waals surface area contributed by atoms with E-state index in [1.54, 1.807) is 0 Å². The van der Waals surface area contributed by atoms with Crippen molar-refractivity contribution in [1.29, 1.82) is 0 Å². The van der Waals surface area contributed by atoms with E-state index in [-0.39, 0.29) is 38.7 Å². The number of para-hydroxylation sites is 3. The number of thioether (sulfide) groups is 1. The second-order valence-electron chi connectivity index (χ2n) is 27.8. The molecule has 0 amide bonds. The highest BCUT2D eigenvalue weighted by Crippen LogP contribution is 2.48. The zero-order valence-electron chi connectivity index (χ0n) is 55.3. The van der Waals surface area contributed by atoms with Crippen LogP contribution in [0.25, 0.3) is 44.5 Å². The van der Waals surface area contributed by atoms with E-state index in [9.17, 15) is 0 Å². The largest absolute Gasteiger partial charge is 0.458 e. The van der Waals surface area contributed by atoms with Gasteiger partial charge in [-0.3, -0.25) is 0 Å². The third-order valence-corrected chi connectivity index (χ3v) is 22.3. The molecule has 13 aromatic carbocycles. The van der Waals surface area contributed by atoms with Crippen molar-refractivity contribution in [2.75, 3.05) is 16.1 Å². The van der Waals surface area contributed by atoms with Crippen molar-refractivity contribution < 1.29 is 4.74 Å². The number of hydrogen-bond donors (Lipinski definition) is 0. The van der Waals surface area contributed by atoms with E-state index in [2.05, 4.69) is 337 Å². The summed E-state index contributed by atoms with van der Waals surface area (Å²) in [6, 6.07) is 107. The van der Waals surface area contributed by atoms with E-state index in [0.29, 0.717) is 5.92 Å². The van der Waals surface area contributed by atoms with E-state index < -0.39 is 0 Å². The molecule has 456 valence electrons. The van der Waals surface area contributed by atoms with E-state index in [4.69, 9.17) is 4.74 Å². The molecular formula is C88H70B4N2OS. The third-order valence-electron chi connectivity index (χ3n) is 21.6. The fourth-order valence-corrected chi connectivity index (χ4v) is 17.8. The molecule has 18 rings (SSSR count). The lowest BCUT2D eigenvalue weighted by atomic mass is 9.25. The van der Waals surface area contributed by atoms with Gasteiger partial charge in [-0.05, 0) is 165 Å². The molecule has 0 fully saturated rings. The van der Waals surface area contributed by atoms with Crippen LogP contribution in [0.5, 0.6) is 11.5 Å². The minimum Gasteiger partial charge on any atom is -0.458 e. The molecule has 0 atom stereocenters. The van der Waals surface area contributed by atoms with Crippen molar-refractivity contribution in [1.82, 2.24) is 0 Å². The fourth-order valence-electron chi connectivity index (χ4n) is 17.4. The molecule has 0 saturated heterocycles. The van der Waals surface area contributed by atoms with E-state index in [1.165, 1.54) is 160 Å². The van der Waals surface area contributed by atoms with Crippen LogP contribution < -0.4 is 80.1 Å². The molecule has 0 bridgehead atoms. The molecule has 8 heteroatoms. The van der Waals surface area contributed by atoms with Crippen LogP contribution in [0.2, 0.25) is 0 Å². The molecule has 3 nitrogen and oxygen atoms in total. The van der Waals surface area contributed by atoms with Crippen LogP contribution in [0.4, 0.5) is 34.1 Å². The molecular weight excluding hydrogens is 1180 g/mol. The van der Waals surface area contributed by atoms with Gasteiger partial charge in [-0.1, -0.05) is 301 Å². The van der Waals surface area contributed by atoms with Crippen molar-refractivity contribution >= 4 is 138 Å². The highest BCUT2D eigenvalue weighted by Gasteiger charge is 2.54. The number of hydrogen-bond acceptors (Lipinski definition) is 4. The average Bonchev–Trinajstić information content (AvgIpc) is 0.665. The summed E-state index contributed by atoms with van der Waals surface area (Å²) in [6.45, 7) is 13.5. The lowest BCUT2D eigenvalue weighted by Gasteiger charge is -2.51. The summed E-state index contributed by atoms with van der Waals surface area (Å²) >= 11 is 1.82. The second-order valence-corrected chi connectivity index (χ2v) is 28.7. The van der Waals surface area contributed by atoms with Crippen LogP contribution in [-0.4, -0.2) is 33.1 Å². The van der Waals surface area contributed by atoms with Crippen molar-refractivity contribution in [2.45, 2.75) is 64.2 Å². The van der Waals surface area contributed by atoms with E-state index in [0.717, 1.165) is 17.2 Å². The molecule has 13 aromatic rings. The van der Waals surface area contributed by atoms with Gasteiger partial charge in [0.15, 0.2) is 0 Å². The Labute approximate surface area is 571 Å².